The molecule has 0 saturated heterocycles. The van der Waals surface area contributed by atoms with Crippen molar-refractivity contribution in [1.29, 1.82) is 0 Å². The van der Waals surface area contributed by atoms with Crippen LogP contribution in [0.15, 0.2) is 58.6 Å². The third-order valence-electron chi connectivity index (χ3n) is 3.76. The predicted molar refractivity (Wildman–Crippen MR) is 107 cm³/mol. The lowest BCUT2D eigenvalue weighted by Gasteiger charge is -2.19. The largest absolute Gasteiger partial charge is 0.296 e. The number of hydrogen-bond acceptors (Lipinski definition) is 5. The zero-order valence-electron chi connectivity index (χ0n) is 14.5. The number of hydrogen-bond donors (Lipinski definition) is 0. The van der Waals surface area contributed by atoms with Gasteiger partial charge >= 0.3 is 0 Å². The first-order valence-corrected chi connectivity index (χ1v) is 9.88. The molecule has 26 heavy (non-hydrogen) atoms. The van der Waals surface area contributed by atoms with Crippen LogP contribution in [0.25, 0.3) is 5.69 Å². The van der Waals surface area contributed by atoms with Gasteiger partial charge in [0.2, 0.25) is 5.91 Å². The highest BCUT2D eigenvalue weighted by molar-refractivity contribution is 9.10. The van der Waals surface area contributed by atoms with E-state index in [-0.39, 0.29) is 11.7 Å². The lowest BCUT2D eigenvalue weighted by atomic mass is 10.2. The minimum Gasteiger partial charge on any atom is -0.296 e. The van der Waals surface area contributed by atoms with Crippen LogP contribution in [0, 0.1) is 6.92 Å². The van der Waals surface area contributed by atoms with Crippen LogP contribution in [0.3, 0.4) is 0 Å². The number of carbonyl (C=O) groups excluding carboxylic acids is 1. The molecule has 0 bridgehead atoms. The van der Waals surface area contributed by atoms with E-state index < -0.39 is 0 Å². The quantitative estimate of drug-likeness (QED) is 0.554. The number of anilines is 1. The normalized spacial score (nSPS) is 10.7. The summed E-state index contributed by atoms with van der Waals surface area (Å²) in [5.74, 6) is 0.878. The predicted octanol–water partition coefficient (Wildman–Crippen LogP) is 3.88. The first-order valence-electron chi connectivity index (χ1n) is 8.10. The molecule has 134 valence electrons. The standard InChI is InChI=1S/C18H18BrN5OS/c1-3-23(16-9-6-14(19)10-20-16)17(25)11-26-18-22-21-12-24(18)15-7-4-13(2)5-8-15/h4-10,12H,3,11H2,1-2H3. The van der Waals surface area contributed by atoms with Crippen LogP contribution in [0.5, 0.6) is 0 Å². The molecule has 1 aromatic carbocycles. The van der Waals surface area contributed by atoms with Crippen molar-refractivity contribution in [2.24, 2.45) is 0 Å². The van der Waals surface area contributed by atoms with Crippen molar-refractivity contribution >= 4 is 39.4 Å². The van der Waals surface area contributed by atoms with E-state index in [9.17, 15) is 4.79 Å². The molecule has 0 aliphatic carbocycles. The van der Waals surface area contributed by atoms with Crippen molar-refractivity contribution in [3.05, 3.63) is 59.0 Å². The number of thioether (sulfide) groups is 1. The van der Waals surface area contributed by atoms with Gasteiger partial charge in [0.15, 0.2) is 5.16 Å². The number of benzene rings is 1. The molecule has 1 amide bonds. The zero-order chi connectivity index (χ0) is 18.5. The van der Waals surface area contributed by atoms with Gasteiger partial charge in [0.1, 0.15) is 12.1 Å². The lowest BCUT2D eigenvalue weighted by Crippen LogP contribution is -2.32. The summed E-state index contributed by atoms with van der Waals surface area (Å²) in [5, 5.41) is 8.80. The molecule has 0 aliphatic heterocycles. The lowest BCUT2D eigenvalue weighted by molar-refractivity contribution is -0.116. The number of aromatic nitrogens is 4. The van der Waals surface area contributed by atoms with Gasteiger partial charge in [-0.05, 0) is 54.0 Å². The summed E-state index contributed by atoms with van der Waals surface area (Å²) in [5.41, 5.74) is 2.16. The fraction of sp³-hybridized carbons (Fsp3) is 0.222. The van der Waals surface area contributed by atoms with Crippen molar-refractivity contribution < 1.29 is 4.79 Å². The van der Waals surface area contributed by atoms with Crippen molar-refractivity contribution in [2.45, 2.75) is 19.0 Å². The van der Waals surface area contributed by atoms with E-state index >= 15 is 0 Å². The minimum absolute atomic E-state index is 0.0224. The van der Waals surface area contributed by atoms with Gasteiger partial charge in [0, 0.05) is 22.9 Å². The molecular weight excluding hydrogens is 414 g/mol. The second kappa shape index (κ2) is 8.46. The number of aryl methyl sites for hydroxylation is 1. The van der Waals surface area contributed by atoms with E-state index in [0.29, 0.717) is 17.5 Å². The highest BCUT2D eigenvalue weighted by Crippen LogP contribution is 2.22. The number of pyridine rings is 1. The Morgan fingerprint density at radius 3 is 2.65 bits per heavy atom. The summed E-state index contributed by atoms with van der Waals surface area (Å²) < 4.78 is 2.76. The number of halogens is 1. The molecule has 0 atom stereocenters. The van der Waals surface area contributed by atoms with Crippen LogP contribution in [0.2, 0.25) is 0 Å². The Kier molecular flexibility index (Phi) is 6.05. The summed E-state index contributed by atoms with van der Waals surface area (Å²) in [6.07, 6.45) is 3.35. The molecule has 8 heteroatoms. The van der Waals surface area contributed by atoms with Gasteiger partial charge in [0.05, 0.1) is 5.75 Å². The molecule has 0 aliphatic rings. The highest BCUT2D eigenvalue weighted by atomic mass is 79.9. The maximum absolute atomic E-state index is 12.6. The van der Waals surface area contributed by atoms with Gasteiger partial charge in [-0.2, -0.15) is 0 Å². The van der Waals surface area contributed by atoms with Crippen molar-refractivity contribution in [1.82, 2.24) is 19.7 Å². The van der Waals surface area contributed by atoms with Gasteiger partial charge in [-0.1, -0.05) is 29.5 Å². The van der Waals surface area contributed by atoms with E-state index in [2.05, 4.69) is 31.1 Å². The number of carbonyl (C=O) groups is 1. The van der Waals surface area contributed by atoms with E-state index in [1.165, 1.54) is 17.3 Å². The van der Waals surface area contributed by atoms with E-state index in [1.54, 1.807) is 17.4 Å². The SMILES string of the molecule is CCN(C(=O)CSc1nncn1-c1ccc(C)cc1)c1ccc(Br)cn1. The highest BCUT2D eigenvalue weighted by Gasteiger charge is 2.17. The molecule has 2 heterocycles. The van der Waals surface area contributed by atoms with Gasteiger partial charge in [-0.15, -0.1) is 10.2 Å². The molecule has 6 nitrogen and oxygen atoms in total. The van der Waals surface area contributed by atoms with E-state index in [1.807, 2.05) is 54.8 Å². The molecule has 0 radical (unpaired) electrons. The molecule has 0 unspecified atom stereocenters. The first kappa shape index (κ1) is 18.6. The van der Waals surface area contributed by atoms with E-state index in [0.717, 1.165) is 10.2 Å². The van der Waals surface area contributed by atoms with Gasteiger partial charge in [-0.3, -0.25) is 14.3 Å². The van der Waals surface area contributed by atoms with Crippen LogP contribution in [0.4, 0.5) is 5.82 Å². The Labute approximate surface area is 164 Å². The van der Waals surface area contributed by atoms with Crippen molar-refractivity contribution in [2.75, 3.05) is 17.2 Å². The summed E-state index contributed by atoms with van der Waals surface area (Å²) in [7, 11) is 0. The molecular formula is C18H18BrN5OS. The number of rotatable bonds is 6. The van der Waals surface area contributed by atoms with Crippen molar-refractivity contribution in [3.8, 4) is 5.69 Å². The third-order valence-corrected chi connectivity index (χ3v) is 5.16. The second-order valence-electron chi connectivity index (χ2n) is 5.58. The molecule has 3 aromatic rings. The van der Waals surface area contributed by atoms with Crippen LogP contribution in [-0.2, 0) is 4.79 Å². The Morgan fingerprint density at radius 1 is 1.23 bits per heavy atom. The monoisotopic (exact) mass is 431 g/mol. The van der Waals surface area contributed by atoms with Crippen LogP contribution in [-0.4, -0.2) is 38.0 Å². The van der Waals surface area contributed by atoms with Crippen LogP contribution >= 0.6 is 27.7 Å². The van der Waals surface area contributed by atoms with Gasteiger partial charge < -0.3 is 0 Å². The average Bonchev–Trinajstić information content (AvgIpc) is 3.11. The molecule has 0 spiro atoms. The molecule has 2 aromatic heterocycles. The third kappa shape index (κ3) is 4.31. The average molecular weight is 432 g/mol. The molecule has 0 saturated carbocycles. The summed E-state index contributed by atoms with van der Waals surface area (Å²) in [6.45, 7) is 4.53. The maximum Gasteiger partial charge on any atom is 0.238 e. The Balaban J connectivity index is 1.70. The maximum atomic E-state index is 12.6. The molecule has 3 rings (SSSR count). The fourth-order valence-electron chi connectivity index (χ4n) is 2.40. The summed E-state index contributed by atoms with van der Waals surface area (Å²) in [6, 6.07) is 11.8. The topological polar surface area (TPSA) is 63.9 Å². The van der Waals surface area contributed by atoms with Gasteiger partial charge in [-0.25, -0.2) is 4.98 Å². The van der Waals surface area contributed by atoms with Crippen molar-refractivity contribution in [3.63, 3.8) is 0 Å². The Bertz CT molecular complexity index is 879. The van der Waals surface area contributed by atoms with E-state index in [4.69, 9.17) is 0 Å². The fourth-order valence-corrected chi connectivity index (χ4v) is 3.44. The smallest absolute Gasteiger partial charge is 0.238 e. The summed E-state index contributed by atoms with van der Waals surface area (Å²) >= 11 is 4.72. The van der Waals surface area contributed by atoms with Gasteiger partial charge in [0.25, 0.3) is 0 Å². The summed E-state index contributed by atoms with van der Waals surface area (Å²) in [4.78, 5) is 18.6. The molecule has 0 fully saturated rings. The minimum atomic E-state index is -0.0224. The number of nitrogens with zero attached hydrogens (tertiary/aromatic N) is 5. The second-order valence-corrected chi connectivity index (χ2v) is 7.44. The zero-order valence-corrected chi connectivity index (χ0v) is 16.9. The number of amides is 1. The Hall–Kier alpha value is -2.19. The molecule has 0 N–H and O–H groups in total. The van der Waals surface area contributed by atoms with Crippen LogP contribution in [0.1, 0.15) is 12.5 Å². The first-order chi connectivity index (χ1) is 12.6. The van der Waals surface area contributed by atoms with Crippen LogP contribution < -0.4 is 4.90 Å². The Morgan fingerprint density at radius 2 is 2.00 bits per heavy atom.